The van der Waals surface area contributed by atoms with E-state index in [-0.39, 0.29) is 21.8 Å². The van der Waals surface area contributed by atoms with Gasteiger partial charge in [-0.2, -0.15) is 0 Å². The van der Waals surface area contributed by atoms with Crippen molar-refractivity contribution in [3.05, 3.63) is 85.1 Å². The first-order valence-electron chi connectivity index (χ1n) is 9.52. The number of hydrogen-bond donors (Lipinski definition) is 3. The molecule has 0 bridgehead atoms. The highest BCUT2D eigenvalue weighted by molar-refractivity contribution is 9.10. The van der Waals surface area contributed by atoms with Gasteiger partial charge in [0, 0.05) is 10.2 Å². The number of rotatable bonds is 5. The number of nitrogens with one attached hydrogen (secondary N) is 3. The Kier molecular flexibility index (Phi) is 5.85. The number of hydrogen-bond acceptors (Lipinski definition) is 5. The van der Waals surface area contributed by atoms with E-state index >= 15 is 0 Å². The first-order chi connectivity index (χ1) is 15.6. The smallest absolute Gasteiger partial charge is 0.314 e. The first-order valence-corrected chi connectivity index (χ1v) is 11.8. The number of methoxy groups -OCH3 is 1. The summed E-state index contributed by atoms with van der Waals surface area (Å²) in [5, 5.41) is 0. The maximum atomic E-state index is 14.1. The molecule has 0 aliphatic carbocycles. The summed E-state index contributed by atoms with van der Waals surface area (Å²) in [6.07, 6.45) is 0. The van der Waals surface area contributed by atoms with Gasteiger partial charge in [0.2, 0.25) is 0 Å². The Bertz CT molecular complexity index is 1630. The number of anilines is 1. The molecule has 0 fully saturated rings. The van der Waals surface area contributed by atoms with Crippen molar-refractivity contribution in [1.82, 2.24) is 9.97 Å². The van der Waals surface area contributed by atoms with Crippen molar-refractivity contribution in [2.45, 2.75) is 11.8 Å². The van der Waals surface area contributed by atoms with E-state index in [1.807, 2.05) is 0 Å². The fourth-order valence-corrected chi connectivity index (χ4v) is 5.31. The number of aryl methyl sites for hydroxylation is 1. The van der Waals surface area contributed by atoms with Crippen molar-refractivity contribution >= 4 is 42.7 Å². The normalized spacial score (nSPS) is 11.5. The van der Waals surface area contributed by atoms with Gasteiger partial charge in [0.05, 0.1) is 23.0 Å². The second-order valence-corrected chi connectivity index (χ2v) is 9.73. The van der Waals surface area contributed by atoms with Gasteiger partial charge in [-0.25, -0.2) is 12.8 Å². The van der Waals surface area contributed by atoms with E-state index < -0.39 is 27.0 Å². The van der Waals surface area contributed by atoms with Crippen LogP contribution in [-0.4, -0.2) is 25.5 Å². The highest BCUT2D eigenvalue weighted by atomic mass is 79.9. The molecule has 0 radical (unpaired) electrons. The molecule has 4 aromatic rings. The lowest BCUT2D eigenvalue weighted by molar-refractivity contribution is 0.386. The lowest BCUT2D eigenvalue weighted by Crippen LogP contribution is -2.29. The zero-order valence-electron chi connectivity index (χ0n) is 17.3. The van der Waals surface area contributed by atoms with Gasteiger partial charge in [0.15, 0.2) is 11.6 Å². The third kappa shape index (κ3) is 4.41. The zero-order chi connectivity index (χ0) is 23.9. The lowest BCUT2D eigenvalue weighted by atomic mass is 10.1. The molecule has 170 valence electrons. The number of aromatic amines is 2. The molecular formula is C22H17BrFN3O5S. The van der Waals surface area contributed by atoms with Crippen LogP contribution >= 0.6 is 15.9 Å². The van der Waals surface area contributed by atoms with Crippen molar-refractivity contribution in [1.29, 1.82) is 0 Å². The topological polar surface area (TPSA) is 121 Å². The molecule has 33 heavy (non-hydrogen) atoms. The van der Waals surface area contributed by atoms with Gasteiger partial charge >= 0.3 is 11.1 Å². The monoisotopic (exact) mass is 533 g/mol. The van der Waals surface area contributed by atoms with Crippen molar-refractivity contribution in [3.8, 4) is 16.9 Å². The average Bonchev–Trinajstić information content (AvgIpc) is 2.74. The molecule has 0 aliphatic rings. The Morgan fingerprint density at radius 2 is 1.64 bits per heavy atom. The van der Waals surface area contributed by atoms with Crippen LogP contribution in [0.15, 0.2) is 67.5 Å². The zero-order valence-corrected chi connectivity index (χ0v) is 19.7. The highest BCUT2D eigenvalue weighted by Gasteiger charge is 2.19. The third-order valence-electron chi connectivity index (χ3n) is 4.99. The molecule has 3 aromatic carbocycles. The van der Waals surface area contributed by atoms with Gasteiger partial charge in [0.25, 0.3) is 10.0 Å². The summed E-state index contributed by atoms with van der Waals surface area (Å²) in [6, 6.07) is 12.0. The summed E-state index contributed by atoms with van der Waals surface area (Å²) in [5.41, 5.74) is 0.685. The van der Waals surface area contributed by atoms with Gasteiger partial charge in [-0.15, -0.1) is 0 Å². The molecule has 0 unspecified atom stereocenters. The standard InChI is InChI=1S/C22H17BrFN3O5S/c1-11-7-17-18(26-22(29)21(28)25-17)10-20(11)33(30,31)27-13-4-5-14(15(23)9-13)12-3-6-19(32-2)16(24)8-12/h3-10,27H,1-2H3,(H,25,28)(H,26,29). The molecule has 0 saturated heterocycles. The summed E-state index contributed by atoms with van der Waals surface area (Å²) in [5.74, 6) is -0.395. The van der Waals surface area contributed by atoms with Crippen LogP contribution in [0, 0.1) is 12.7 Å². The number of ether oxygens (including phenoxy) is 1. The van der Waals surface area contributed by atoms with E-state index in [1.165, 1.54) is 31.4 Å². The van der Waals surface area contributed by atoms with Crippen molar-refractivity contribution in [3.63, 3.8) is 0 Å². The number of H-pyrrole nitrogens is 2. The van der Waals surface area contributed by atoms with Crippen LogP contribution < -0.4 is 20.6 Å². The van der Waals surface area contributed by atoms with Crippen LogP contribution in [0.25, 0.3) is 22.2 Å². The Labute approximate surface area is 195 Å². The largest absolute Gasteiger partial charge is 0.494 e. The van der Waals surface area contributed by atoms with E-state index in [4.69, 9.17) is 4.74 Å². The molecule has 0 aliphatic heterocycles. The minimum absolute atomic E-state index is 0.0601. The first kappa shape index (κ1) is 22.7. The quantitative estimate of drug-likeness (QED) is 0.336. The molecule has 0 atom stereocenters. The molecular weight excluding hydrogens is 517 g/mol. The SMILES string of the molecule is COc1ccc(-c2ccc(NS(=O)(=O)c3cc4[nH]c(=O)c(=O)[nH]c4cc3C)cc2Br)cc1F. The second-order valence-electron chi connectivity index (χ2n) is 7.22. The third-order valence-corrected chi connectivity index (χ3v) is 7.17. The molecule has 11 heteroatoms. The molecule has 0 saturated carbocycles. The van der Waals surface area contributed by atoms with Crippen LogP contribution in [0.1, 0.15) is 5.56 Å². The fraction of sp³-hybridized carbons (Fsp3) is 0.0909. The molecule has 4 rings (SSSR count). The van der Waals surface area contributed by atoms with Crippen molar-refractivity contribution < 1.29 is 17.5 Å². The van der Waals surface area contributed by atoms with Gasteiger partial charge in [0.1, 0.15) is 0 Å². The summed E-state index contributed by atoms with van der Waals surface area (Å²) < 4.78 is 48.1. The van der Waals surface area contributed by atoms with Crippen LogP contribution in [0.5, 0.6) is 5.75 Å². The Morgan fingerprint density at radius 3 is 2.24 bits per heavy atom. The van der Waals surface area contributed by atoms with Gasteiger partial charge < -0.3 is 14.7 Å². The van der Waals surface area contributed by atoms with Crippen molar-refractivity contribution in [2.75, 3.05) is 11.8 Å². The van der Waals surface area contributed by atoms with Gasteiger partial charge in [-0.05, 0) is 60.0 Å². The number of aromatic nitrogens is 2. The molecule has 8 nitrogen and oxygen atoms in total. The molecule has 1 aromatic heterocycles. The van der Waals surface area contributed by atoms with Crippen LogP contribution in [0.3, 0.4) is 0 Å². The highest BCUT2D eigenvalue weighted by Crippen LogP contribution is 2.33. The van der Waals surface area contributed by atoms with Gasteiger partial charge in [-0.3, -0.25) is 14.3 Å². The van der Waals surface area contributed by atoms with Crippen molar-refractivity contribution in [2.24, 2.45) is 0 Å². The lowest BCUT2D eigenvalue weighted by Gasteiger charge is -2.13. The molecule has 1 heterocycles. The Morgan fingerprint density at radius 1 is 0.970 bits per heavy atom. The molecule has 0 spiro atoms. The number of fused-ring (bicyclic) bond motifs is 1. The van der Waals surface area contributed by atoms with Crippen LogP contribution in [0.4, 0.5) is 10.1 Å². The summed E-state index contributed by atoms with van der Waals surface area (Å²) in [4.78, 5) is 27.9. The molecule has 0 amide bonds. The summed E-state index contributed by atoms with van der Waals surface area (Å²) >= 11 is 3.41. The number of sulfonamides is 1. The average molecular weight is 534 g/mol. The van der Waals surface area contributed by atoms with Crippen LogP contribution in [-0.2, 0) is 10.0 Å². The predicted octanol–water partition coefficient (Wildman–Crippen LogP) is 3.90. The van der Waals surface area contributed by atoms with E-state index in [2.05, 4.69) is 30.6 Å². The minimum Gasteiger partial charge on any atom is -0.494 e. The van der Waals surface area contributed by atoms with Crippen LogP contribution in [0.2, 0.25) is 0 Å². The van der Waals surface area contributed by atoms with Gasteiger partial charge in [-0.1, -0.05) is 28.1 Å². The maximum Gasteiger partial charge on any atom is 0.314 e. The van der Waals surface area contributed by atoms with E-state index in [1.54, 1.807) is 31.2 Å². The Balaban J connectivity index is 1.69. The summed E-state index contributed by atoms with van der Waals surface area (Å²) in [7, 11) is -2.65. The number of halogens is 2. The summed E-state index contributed by atoms with van der Waals surface area (Å²) in [6.45, 7) is 1.58. The number of benzene rings is 3. The van der Waals surface area contributed by atoms with E-state index in [0.717, 1.165) is 0 Å². The second kappa shape index (κ2) is 8.49. The maximum absolute atomic E-state index is 14.1. The van der Waals surface area contributed by atoms with E-state index in [9.17, 15) is 22.4 Å². The Hall–Kier alpha value is -3.44. The minimum atomic E-state index is -4.03. The fourth-order valence-electron chi connectivity index (χ4n) is 3.40. The molecule has 3 N–H and O–H groups in total. The van der Waals surface area contributed by atoms with E-state index in [0.29, 0.717) is 26.7 Å². The predicted molar refractivity (Wildman–Crippen MR) is 127 cm³/mol.